The van der Waals surface area contributed by atoms with Gasteiger partial charge in [-0.25, -0.2) is 4.98 Å². The van der Waals surface area contributed by atoms with Gasteiger partial charge >= 0.3 is 0 Å². The molecule has 3 N–H and O–H groups in total. The van der Waals surface area contributed by atoms with Gasteiger partial charge in [0.2, 0.25) is 0 Å². The summed E-state index contributed by atoms with van der Waals surface area (Å²) in [6, 6.07) is 11.4. The highest BCUT2D eigenvalue weighted by Crippen LogP contribution is 2.33. The molecule has 3 aromatic rings. The molecule has 0 radical (unpaired) electrons. The molecule has 1 aliphatic rings. The first-order valence-corrected chi connectivity index (χ1v) is 8.86. The summed E-state index contributed by atoms with van der Waals surface area (Å²) >= 11 is 0. The van der Waals surface area contributed by atoms with Gasteiger partial charge in [-0.05, 0) is 25.3 Å². The number of carbonyl (C=O) groups is 1. The highest BCUT2D eigenvalue weighted by Gasteiger charge is 2.31. The number of benzene rings is 1. The zero-order valence-electron chi connectivity index (χ0n) is 14.4. The normalized spacial score (nSPS) is 17.2. The lowest BCUT2D eigenvalue weighted by atomic mass is 9.99. The van der Waals surface area contributed by atoms with Gasteiger partial charge in [0.15, 0.2) is 0 Å². The molecule has 0 saturated carbocycles. The van der Waals surface area contributed by atoms with Gasteiger partial charge in [-0.3, -0.25) is 9.78 Å². The highest BCUT2D eigenvalue weighted by atomic mass is 16.2. The maximum Gasteiger partial charge on any atom is 0.256 e. The predicted octanol–water partition coefficient (Wildman–Crippen LogP) is 3.42. The van der Waals surface area contributed by atoms with Crippen molar-refractivity contribution in [2.45, 2.75) is 25.3 Å². The van der Waals surface area contributed by atoms with Crippen LogP contribution in [0.2, 0.25) is 0 Å². The quantitative estimate of drug-likeness (QED) is 0.760. The lowest BCUT2D eigenvalue weighted by Crippen LogP contribution is -2.39. The molecule has 6 nitrogen and oxygen atoms in total. The second kappa shape index (κ2) is 7.00. The molecule has 2 aromatic heterocycles. The summed E-state index contributed by atoms with van der Waals surface area (Å²) in [7, 11) is 0. The Labute approximate surface area is 152 Å². The lowest BCUT2D eigenvalue weighted by molar-refractivity contribution is 0.0602. The fourth-order valence-electron chi connectivity index (χ4n) is 3.56. The molecule has 3 heterocycles. The van der Waals surface area contributed by atoms with Crippen molar-refractivity contribution in [2.75, 3.05) is 12.3 Å². The number of piperidine rings is 1. The first-order chi connectivity index (χ1) is 12.8. The van der Waals surface area contributed by atoms with Crippen LogP contribution in [0.25, 0.3) is 11.3 Å². The molecule has 0 aliphatic carbocycles. The second-order valence-corrected chi connectivity index (χ2v) is 6.47. The average Bonchev–Trinajstić information content (AvgIpc) is 3.23. The molecule has 1 atom stereocenters. The van der Waals surface area contributed by atoms with Gasteiger partial charge < -0.3 is 15.6 Å². The van der Waals surface area contributed by atoms with Gasteiger partial charge in [0.05, 0.1) is 23.0 Å². The van der Waals surface area contributed by atoms with Gasteiger partial charge in [0.25, 0.3) is 5.91 Å². The standard InChI is InChI=1S/C20H21N5O/c21-17-15(9-10-22-18(17)14-6-2-1-3-7-14)20(26)25-13-5-4-8-16(25)19-23-11-12-24-19/h1-3,6-7,9-12,16H,4-5,8,13,21H2,(H,23,24)/t16-/m0/s1. The Morgan fingerprint density at radius 1 is 1.12 bits per heavy atom. The van der Waals surface area contributed by atoms with E-state index >= 15 is 0 Å². The zero-order valence-corrected chi connectivity index (χ0v) is 14.4. The van der Waals surface area contributed by atoms with E-state index in [2.05, 4.69) is 15.0 Å². The van der Waals surface area contributed by atoms with Crippen LogP contribution in [-0.2, 0) is 0 Å². The smallest absolute Gasteiger partial charge is 0.256 e. The number of anilines is 1. The summed E-state index contributed by atoms with van der Waals surface area (Å²) in [6.45, 7) is 0.701. The minimum Gasteiger partial charge on any atom is -0.396 e. The van der Waals surface area contributed by atoms with Crippen LogP contribution in [0.4, 0.5) is 5.69 Å². The van der Waals surface area contributed by atoms with Crippen LogP contribution < -0.4 is 5.73 Å². The van der Waals surface area contributed by atoms with E-state index in [4.69, 9.17) is 5.73 Å². The van der Waals surface area contributed by atoms with Gasteiger partial charge in [-0.15, -0.1) is 0 Å². The Hall–Kier alpha value is -3.15. The molecule has 0 spiro atoms. The first kappa shape index (κ1) is 16.3. The molecule has 26 heavy (non-hydrogen) atoms. The first-order valence-electron chi connectivity index (χ1n) is 8.86. The van der Waals surface area contributed by atoms with Crippen molar-refractivity contribution in [1.82, 2.24) is 19.9 Å². The van der Waals surface area contributed by atoms with Crippen molar-refractivity contribution >= 4 is 11.6 Å². The number of H-pyrrole nitrogens is 1. The number of nitrogens with zero attached hydrogens (tertiary/aromatic N) is 3. The lowest BCUT2D eigenvalue weighted by Gasteiger charge is -2.35. The van der Waals surface area contributed by atoms with Crippen molar-refractivity contribution in [3.05, 3.63) is 66.4 Å². The molecule has 1 amide bonds. The Morgan fingerprint density at radius 2 is 1.96 bits per heavy atom. The maximum absolute atomic E-state index is 13.3. The van der Waals surface area contributed by atoms with E-state index in [0.717, 1.165) is 30.7 Å². The molecule has 1 saturated heterocycles. The van der Waals surface area contributed by atoms with Crippen molar-refractivity contribution in [2.24, 2.45) is 0 Å². The number of hydrogen-bond donors (Lipinski definition) is 2. The van der Waals surface area contributed by atoms with E-state index < -0.39 is 0 Å². The molecule has 1 aromatic carbocycles. The molecule has 1 fully saturated rings. The van der Waals surface area contributed by atoms with Crippen LogP contribution in [-0.4, -0.2) is 32.3 Å². The van der Waals surface area contributed by atoms with Crippen LogP contribution in [0, 0.1) is 0 Å². The number of likely N-dealkylation sites (tertiary alicyclic amines) is 1. The Kier molecular flexibility index (Phi) is 4.39. The number of imidazole rings is 1. The number of aromatic nitrogens is 3. The fraction of sp³-hybridized carbons (Fsp3) is 0.250. The van der Waals surface area contributed by atoms with Crippen molar-refractivity contribution in [3.8, 4) is 11.3 Å². The van der Waals surface area contributed by atoms with Crippen molar-refractivity contribution in [3.63, 3.8) is 0 Å². The molecule has 4 rings (SSSR count). The predicted molar refractivity (Wildman–Crippen MR) is 100 cm³/mol. The van der Waals surface area contributed by atoms with Crippen LogP contribution in [0.5, 0.6) is 0 Å². The van der Waals surface area contributed by atoms with Gasteiger partial charge in [0.1, 0.15) is 5.82 Å². The third-order valence-electron chi connectivity index (χ3n) is 4.87. The summed E-state index contributed by atoms with van der Waals surface area (Å²) in [5.74, 6) is 0.761. The topological polar surface area (TPSA) is 87.9 Å². The molecule has 6 heteroatoms. The van der Waals surface area contributed by atoms with Gasteiger partial charge in [-0.1, -0.05) is 30.3 Å². The van der Waals surface area contributed by atoms with Gasteiger partial charge in [-0.2, -0.15) is 0 Å². The van der Waals surface area contributed by atoms with E-state index in [9.17, 15) is 4.79 Å². The minimum absolute atomic E-state index is 0.0426. The molecular weight excluding hydrogens is 326 g/mol. The number of rotatable bonds is 3. The molecular formula is C20H21N5O. The van der Waals surface area contributed by atoms with E-state index in [1.54, 1.807) is 24.7 Å². The fourth-order valence-corrected chi connectivity index (χ4v) is 3.56. The average molecular weight is 347 g/mol. The van der Waals surface area contributed by atoms with E-state index in [1.807, 2.05) is 35.2 Å². The van der Waals surface area contributed by atoms with Crippen LogP contribution in [0.15, 0.2) is 55.0 Å². The molecule has 1 aliphatic heterocycles. The third kappa shape index (κ3) is 2.94. The van der Waals surface area contributed by atoms with Gasteiger partial charge in [0, 0.05) is 30.7 Å². The number of nitrogens with one attached hydrogen (secondary N) is 1. The third-order valence-corrected chi connectivity index (χ3v) is 4.87. The summed E-state index contributed by atoms with van der Waals surface area (Å²) in [6.07, 6.45) is 8.13. The Bertz CT molecular complexity index is 892. The monoisotopic (exact) mass is 347 g/mol. The number of nitrogens with two attached hydrogens (primary N) is 1. The summed E-state index contributed by atoms with van der Waals surface area (Å²) in [4.78, 5) is 27.1. The Balaban J connectivity index is 1.69. The SMILES string of the molecule is Nc1c(C(=O)N2CCCC[C@H]2c2ncc[nH]2)ccnc1-c1ccccc1. The number of carbonyl (C=O) groups excluding carboxylic acids is 1. The maximum atomic E-state index is 13.3. The van der Waals surface area contributed by atoms with Crippen LogP contribution in [0.3, 0.4) is 0 Å². The highest BCUT2D eigenvalue weighted by molar-refractivity contribution is 6.02. The van der Waals surface area contributed by atoms with Crippen molar-refractivity contribution < 1.29 is 4.79 Å². The van der Waals surface area contributed by atoms with Crippen LogP contribution in [0.1, 0.15) is 41.5 Å². The number of aromatic amines is 1. The summed E-state index contributed by atoms with van der Waals surface area (Å²) < 4.78 is 0. The number of amides is 1. The number of pyridine rings is 1. The zero-order chi connectivity index (χ0) is 17.9. The van der Waals surface area contributed by atoms with E-state index in [1.165, 1.54) is 0 Å². The van der Waals surface area contributed by atoms with Crippen LogP contribution >= 0.6 is 0 Å². The second-order valence-electron chi connectivity index (χ2n) is 6.47. The molecule has 132 valence electrons. The molecule has 0 unspecified atom stereocenters. The minimum atomic E-state index is -0.0665. The number of hydrogen-bond acceptors (Lipinski definition) is 4. The molecule has 0 bridgehead atoms. The summed E-state index contributed by atoms with van der Waals surface area (Å²) in [5.41, 5.74) is 8.82. The summed E-state index contributed by atoms with van der Waals surface area (Å²) in [5, 5.41) is 0. The van der Waals surface area contributed by atoms with E-state index in [-0.39, 0.29) is 11.9 Å². The van der Waals surface area contributed by atoms with Crippen molar-refractivity contribution in [1.29, 1.82) is 0 Å². The Morgan fingerprint density at radius 3 is 2.73 bits per heavy atom. The number of nitrogen functional groups attached to an aromatic ring is 1. The largest absolute Gasteiger partial charge is 0.396 e. The van der Waals surface area contributed by atoms with E-state index in [0.29, 0.717) is 23.5 Å².